The Morgan fingerprint density at radius 3 is 2.27 bits per heavy atom. The topological polar surface area (TPSA) is 66.5 Å². The number of aryl methyl sites for hydroxylation is 2. The SMILES string of the molecule is CCCCN(CCC(=O)Nc1c(C)cccc1C)S(C)(=O)=O. The Labute approximate surface area is 133 Å². The first-order valence-corrected chi connectivity index (χ1v) is 9.41. The highest BCUT2D eigenvalue weighted by Gasteiger charge is 2.17. The van der Waals surface area contributed by atoms with E-state index in [1.165, 1.54) is 10.6 Å². The van der Waals surface area contributed by atoms with Gasteiger partial charge in [-0.3, -0.25) is 4.79 Å². The average molecular weight is 326 g/mol. The minimum Gasteiger partial charge on any atom is -0.326 e. The molecule has 0 atom stereocenters. The lowest BCUT2D eigenvalue weighted by Gasteiger charge is -2.19. The van der Waals surface area contributed by atoms with Crippen molar-refractivity contribution < 1.29 is 13.2 Å². The van der Waals surface area contributed by atoms with Crippen LogP contribution in [0.2, 0.25) is 0 Å². The fourth-order valence-electron chi connectivity index (χ4n) is 2.22. The van der Waals surface area contributed by atoms with Crippen LogP contribution in [0.3, 0.4) is 0 Å². The molecule has 0 radical (unpaired) electrons. The van der Waals surface area contributed by atoms with E-state index in [0.29, 0.717) is 6.54 Å². The molecule has 1 aromatic rings. The molecule has 0 fully saturated rings. The Morgan fingerprint density at radius 1 is 1.18 bits per heavy atom. The number of carbonyl (C=O) groups excluding carboxylic acids is 1. The van der Waals surface area contributed by atoms with Crippen LogP contribution in [0.15, 0.2) is 18.2 Å². The second-order valence-electron chi connectivity index (χ2n) is 5.58. The van der Waals surface area contributed by atoms with Crippen molar-refractivity contribution >= 4 is 21.6 Å². The summed E-state index contributed by atoms with van der Waals surface area (Å²) in [5, 5.41) is 2.88. The molecule has 0 aliphatic heterocycles. The van der Waals surface area contributed by atoms with Crippen molar-refractivity contribution in [3.8, 4) is 0 Å². The van der Waals surface area contributed by atoms with Crippen LogP contribution in [0.1, 0.15) is 37.3 Å². The van der Waals surface area contributed by atoms with E-state index in [1.807, 2.05) is 39.0 Å². The van der Waals surface area contributed by atoms with E-state index in [2.05, 4.69) is 5.32 Å². The molecule has 0 aliphatic carbocycles. The summed E-state index contributed by atoms with van der Waals surface area (Å²) in [5.41, 5.74) is 2.81. The molecular weight excluding hydrogens is 300 g/mol. The molecule has 6 heteroatoms. The van der Waals surface area contributed by atoms with Gasteiger partial charge >= 0.3 is 0 Å². The van der Waals surface area contributed by atoms with Gasteiger partial charge < -0.3 is 5.32 Å². The molecule has 0 saturated carbocycles. The second kappa shape index (κ2) is 8.29. The van der Waals surface area contributed by atoms with Gasteiger partial charge in [0.05, 0.1) is 6.26 Å². The van der Waals surface area contributed by atoms with E-state index in [4.69, 9.17) is 0 Å². The number of carbonyl (C=O) groups is 1. The second-order valence-corrected chi connectivity index (χ2v) is 7.56. The number of anilines is 1. The minimum absolute atomic E-state index is 0.157. The standard InChI is InChI=1S/C16H26N2O3S/c1-5-6-11-18(22(4,20)21)12-10-15(19)17-16-13(2)8-7-9-14(16)3/h7-9H,5-6,10-12H2,1-4H3,(H,17,19). The Hall–Kier alpha value is -1.40. The largest absolute Gasteiger partial charge is 0.326 e. The number of nitrogens with zero attached hydrogens (tertiary/aromatic N) is 1. The number of amides is 1. The van der Waals surface area contributed by atoms with Crippen molar-refractivity contribution in [2.24, 2.45) is 0 Å². The molecule has 0 aliphatic rings. The van der Waals surface area contributed by atoms with E-state index >= 15 is 0 Å². The lowest BCUT2D eigenvalue weighted by molar-refractivity contribution is -0.116. The van der Waals surface area contributed by atoms with Crippen molar-refractivity contribution in [3.05, 3.63) is 29.3 Å². The number of para-hydroxylation sites is 1. The fraction of sp³-hybridized carbons (Fsp3) is 0.562. The zero-order valence-corrected chi connectivity index (χ0v) is 14.7. The molecule has 22 heavy (non-hydrogen) atoms. The van der Waals surface area contributed by atoms with Crippen LogP contribution in [-0.2, 0) is 14.8 Å². The number of nitrogens with one attached hydrogen (secondary N) is 1. The molecule has 0 aromatic heterocycles. The predicted molar refractivity (Wildman–Crippen MR) is 90.5 cm³/mol. The Morgan fingerprint density at radius 2 is 1.77 bits per heavy atom. The third-order valence-electron chi connectivity index (χ3n) is 3.56. The van der Waals surface area contributed by atoms with Gasteiger partial charge in [-0.2, -0.15) is 0 Å². The summed E-state index contributed by atoms with van der Waals surface area (Å²) in [4.78, 5) is 12.1. The molecule has 0 spiro atoms. The lowest BCUT2D eigenvalue weighted by Crippen LogP contribution is -2.33. The van der Waals surface area contributed by atoms with Crippen LogP contribution in [0.4, 0.5) is 5.69 Å². The van der Waals surface area contributed by atoms with Crippen LogP contribution in [0.25, 0.3) is 0 Å². The summed E-state index contributed by atoms with van der Waals surface area (Å²) in [5.74, 6) is -0.164. The third-order valence-corrected chi connectivity index (χ3v) is 4.87. The predicted octanol–water partition coefficient (Wildman–Crippen LogP) is 2.69. The first-order chi connectivity index (χ1) is 10.3. The first-order valence-electron chi connectivity index (χ1n) is 7.57. The van der Waals surface area contributed by atoms with Gasteiger partial charge in [0, 0.05) is 25.2 Å². The molecular formula is C16H26N2O3S. The van der Waals surface area contributed by atoms with Crippen molar-refractivity contribution in [1.82, 2.24) is 4.31 Å². The molecule has 1 amide bonds. The first kappa shape index (κ1) is 18.6. The molecule has 0 unspecified atom stereocenters. The monoisotopic (exact) mass is 326 g/mol. The molecule has 0 saturated heterocycles. The summed E-state index contributed by atoms with van der Waals surface area (Å²) in [6.07, 6.45) is 3.06. The number of hydrogen-bond donors (Lipinski definition) is 1. The van der Waals surface area contributed by atoms with Crippen molar-refractivity contribution in [2.45, 2.75) is 40.0 Å². The molecule has 124 valence electrons. The van der Waals surface area contributed by atoms with Crippen molar-refractivity contribution in [2.75, 3.05) is 24.7 Å². The summed E-state index contributed by atoms with van der Waals surface area (Å²) < 4.78 is 24.8. The number of unbranched alkanes of at least 4 members (excludes halogenated alkanes) is 1. The van der Waals surface area contributed by atoms with Crippen molar-refractivity contribution in [1.29, 1.82) is 0 Å². The molecule has 1 rings (SSSR count). The van der Waals surface area contributed by atoms with Gasteiger partial charge in [-0.05, 0) is 31.4 Å². The number of rotatable bonds is 8. The van der Waals surface area contributed by atoms with Gasteiger partial charge in [-0.25, -0.2) is 12.7 Å². The van der Waals surface area contributed by atoms with E-state index in [1.54, 1.807) is 0 Å². The van der Waals surface area contributed by atoms with Crippen LogP contribution in [0.5, 0.6) is 0 Å². The number of sulfonamides is 1. The van der Waals surface area contributed by atoms with Crippen LogP contribution < -0.4 is 5.32 Å². The zero-order valence-electron chi connectivity index (χ0n) is 13.8. The average Bonchev–Trinajstić information content (AvgIpc) is 2.41. The van der Waals surface area contributed by atoms with Gasteiger partial charge in [-0.1, -0.05) is 31.5 Å². The van der Waals surface area contributed by atoms with Gasteiger partial charge in [0.15, 0.2) is 0 Å². The number of hydrogen-bond acceptors (Lipinski definition) is 3. The van der Waals surface area contributed by atoms with Crippen molar-refractivity contribution in [3.63, 3.8) is 0 Å². The maximum atomic E-state index is 12.1. The summed E-state index contributed by atoms with van der Waals surface area (Å²) >= 11 is 0. The zero-order chi connectivity index (χ0) is 16.8. The van der Waals surface area contributed by atoms with Gasteiger partial charge in [0.25, 0.3) is 0 Å². The Bertz CT molecular complexity index is 592. The Kier molecular flexibility index (Phi) is 7.03. The maximum absolute atomic E-state index is 12.1. The van der Waals surface area contributed by atoms with E-state index in [-0.39, 0.29) is 18.9 Å². The number of benzene rings is 1. The summed E-state index contributed by atoms with van der Waals surface area (Å²) in [7, 11) is -3.27. The summed E-state index contributed by atoms with van der Waals surface area (Å²) in [6.45, 7) is 6.56. The third kappa shape index (κ3) is 5.77. The molecule has 1 aromatic carbocycles. The van der Waals surface area contributed by atoms with Crippen LogP contribution in [0, 0.1) is 13.8 Å². The fourth-order valence-corrected chi connectivity index (χ4v) is 3.10. The van der Waals surface area contributed by atoms with E-state index < -0.39 is 10.0 Å². The lowest BCUT2D eigenvalue weighted by atomic mass is 10.1. The van der Waals surface area contributed by atoms with Gasteiger partial charge in [0.1, 0.15) is 0 Å². The highest BCUT2D eigenvalue weighted by molar-refractivity contribution is 7.88. The smallest absolute Gasteiger partial charge is 0.225 e. The van der Waals surface area contributed by atoms with Gasteiger partial charge in [-0.15, -0.1) is 0 Å². The molecule has 1 N–H and O–H groups in total. The van der Waals surface area contributed by atoms with Crippen LogP contribution in [-0.4, -0.2) is 38.0 Å². The van der Waals surface area contributed by atoms with E-state index in [0.717, 1.165) is 29.7 Å². The maximum Gasteiger partial charge on any atom is 0.225 e. The van der Waals surface area contributed by atoms with E-state index in [9.17, 15) is 13.2 Å². The minimum atomic E-state index is -3.27. The summed E-state index contributed by atoms with van der Waals surface area (Å²) in [6, 6.07) is 5.82. The highest BCUT2D eigenvalue weighted by Crippen LogP contribution is 2.19. The molecule has 5 nitrogen and oxygen atoms in total. The molecule has 0 heterocycles. The molecule has 0 bridgehead atoms. The normalized spacial score (nSPS) is 11.7. The van der Waals surface area contributed by atoms with Crippen LogP contribution >= 0.6 is 0 Å². The highest BCUT2D eigenvalue weighted by atomic mass is 32.2. The quantitative estimate of drug-likeness (QED) is 0.799. The van der Waals surface area contributed by atoms with Gasteiger partial charge in [0.2, 0.25) is 15.9 Å². The Balaban J connectivity index is 2.64.